The standard InChI is InChI=1S/C39H28N2OS/c1-2-10-25(11-3-1)33-20-21-34(41-40-33)38-23-22-37(43-38)26-18-19-32-36(24-26)42-35-17-9-8-16-31(35)39(32)29-14-6-4-12-27(29)28-13-5-7-15-30(28)39/h1-21,24,37-38H,22-23H2. The zero-order valence-electron chi connectivity index (χ0n) is 23.5. The van der Waals surface area contributed by atoms with Crippen LogP contribution < -0.4 is 4.74 Å². The van der Waals surface area contributed by atoms with Crippen molar-refractivity contribution in [1.29, 1.82) is 0 Å². The lowest BCUT2D eigenvalue weighted by atomic mass is 9.66. The molecule has 2 atom stereocenters. The van der Waals surface area contributed by atoms with Gasteiger partial charge in [0, 0.05) is 27.2 Å². The summed E-state index contributed by atoms with van der Waals surface area (Å²) in [5, 5.41) is 9.93. The van der Waals surface area contributed by atoms with Crippen LogP contribution in [0.4, 0.5) is 0 Å². The molecule has 4 heteroatoms. The Morgan fingerprint density at radius 2 is 1.21 bits per heavy atom. The van der Waals surface area contributed by atoms with Crippen LogP contribution in [0.5, 0.6) is 11.5 Å². The molecule has 0 N–H and O–H groups in total. The molecule has 0 amide bonds. The fourth-order valence-electron chi connectivity index (χ4n) is 7.45. The second kappa shape index (κ2) is 9.68. The van der Waals surface area contributed by atoms with Crippen LogP contribution in [0.3, 0.4) is 0 Å². The van der Waals surface area contributed by atoms with Crippen LogP contribution in [-0.2, 0) is 5.41 Å². The van der Waals surface area contributed by atoms with E-state index < -0.39 is 5.41 Å². The number of para-hydroxylation sites is 1. The summed E-state index contributed by atoms with van der Waals surface area (Å²) >= 11 is 2.00. The van der Waals surface area contributed by atoms with Gasteiger partial charge in [-0.25, -0.2) is 0 Å². The number of benzene rings is 5. The van der Waals surface area contributed by atoms with E-state index in [1.165, 1.54) is 38.9 Å². The Kier molecular flexibility index (Phi) is 5.60. The van der Waals surface area contributed by atoms with E-state index in [4.69, 9.17) is 4.74 Å². The maximum atomic E-state index is 6.73. The van der Waals surface area contributed by atoms with Crippen molar-refractivity contribution in [3.05, 3.63) is 167 Å². The second-order valence-corrected chi connectivity index (χ2v) is 13.0. The number of fused-ring (bicyclic) bond motifs is 9. The number of ether oxygens (including phenoxy) is 1. The van der Waals surface area contributed by atoms with Gasteiger partial charge in [-0.1, -0.05) is 109 Å². The molecule has 1 saturated heterocycles. The van der Waals surface area contributed by atoms with Gasteiger partial charge in [0.2, 0.25) is 0 Å². The Bertz CT molecular complexity index is 1960. The zero-order valence-corrected chi connectivity index (χ0v) is 24.3. The predicted molar refractivity (Wildman–Crippen MR) is 174 cm³/mol. The lowest BCUT2D eigenvalue weighted by Crippen LogP contribution is -2.32. The molecule has 43 heavy (non-hydrogen) atoms. The van der Waals surface area contributed by atoms with E-state index in [2.05, 4.69) is 125 Å². The first-order chi connectivity index (χ1) is 21.3. The topological polar surface area (TPSA) is 35.0 Å². The Balaban J connectivity index is 1.09. The molecule has 1 fully saturated rings. The molecule has 5 aromatic carbocycles. The van der Waals surface area contributed by atoms with Gasteiger partial charge in [0.25, 0.3) is 0 Å². The number of rotatable bonds is 3. The third kappa shape index (κ3) is 3.69. The third-order valence-corrected chi connectivity index (χ3v) is 11.0. The minimum atomic E-state index is -0.405. The highest BCUT2D eigenvalue weighted by Gasteiger charge is 2.51. The number of aromatic nitrogens is 2. The molecule has 9 rings (SSSR count). The minimum Gasteiger partial charge on any atom is -0.457 e. The predicted octanol–water partition coefficient (Wildman–Crippen LogP) is 9.92. The largest absolute Gasteiger partial charge is 0.457 e. The van der Waals surface area contributed by atoms with E-state index >= 15 is 0 Å². The molecule has 2 aliphatic heterocycles. The molecular formula is C39H28N2OS. The van der Waals surface area contributed by atoms with E-state index in [9.17, 15) is 0 Å². The van der Waals surface area contributed by atoms with Crippen molar-refractivity contribution < 1.29 is 4.74 Å². The number of nitrogens with zero attached hydrogens (tertiary/aromatic N) is 2. The van der Waals surface area contributed by atoms with Crippen molar-refractivity contribution in [2.45, 2.75) is 28.8 Å². The van der Waals surface area contributed by atoms with Crippen LogP contribution >= 0.6 is 11.8 Å². The highest BCUT2D eigenvalue weighted by atomic mass is 32.2. The number of thioether (sulfide) groups is 1. The molecule has 1 aliphatic carbocycles. The Morgan fingerprint density at radius 3 is 1.95 bits per heavy atom. The maximum absolute atomic E-state index is 6.73. The van der Waals surface area contributed by atoms with Gasteiger partial charge >= 0.3 is 0 Å². The molecule has 1 aromatic heterocycles. The number of hydrogen-bond donors (Lipinski definition) is 0. The third-order valence-electron chi connectivity index (χ3n) is 9.35. The molecule has 1 spiro atoms. The summed E-state index contributed by atoms with van der Waals surface area (Å²) in [4.78, 5) is 0. The molecule has 3 aliphatic rings. The van der Waals surface area contributed by atoms with E-state index in [1.54, 1.807) is 0 Å². The molecule has 206 valence electrons. The molecule has 3 heterocycles. The average molecular weight is 573 g/mol. The molecule has 0 radical (unpaired) electrons. The van der Waals surface area contributed by atoms with Crippen molar-refractivity contribution in [3.63, 3.8) is 0 Å². The minimum absolute atomic E-state index is 0.333. The van der Waals surface area contributed by atoms with Gasteiger partial charge in [-0.15, -0.1) is 11.8 Å². The summed E-state index contributed by atoms with van der Waals surface area (Å²) in [6, 6.07) is 47.8. The first-order valence-corrected chi connectivity index (χ1v) is 15.9. The normalized spacial score (nSPS) is 18.8. The summed E-state index contributed by atoms with van der Waals surface area (Å²) in [5.41, 5.74) is 11.7. The van der Waals surface area contributed by atoms with Crippen molar-refractivity contribution in [2.24, 2.45) is 0 Å². The van der Waals surface area contributed by atoms with Gasteiger partial charge in [-0.05, 0) is 64.9 Å². The lowest BCUT2D eigenvalue weighted by molar-refractivity contribution is 0.435. The van der Waals surface area contributed by atoms with Crippen LogP contribution in [0, 0.1) is 0 Å². The zero-order chi connectivity index (χ0) is 28.4. The summed E-state index contributed by atoms with van der Waals surface area (Å²) < 4.78 is 6.73. The van der Waals surface area contributed by atoms with Crippen LogP contribution in [0.1, 0.15) is 56.9 Å². The van der Waals surface area contributed by atoms with E-state index in [1.807, 2.05) is 30.0 Å². The summed E-state index contributed by atoms with van der Waals surface area (Å²) in [6.45, 7) is 0. The molecule has 0 bridgehead atoms. The lowest BCUT2D eigenvalue weighted by Gasteiger charge is -2.39. The monoisotopic (exact) mass is 572 g/mol. The summed E-state index contributed by atoms with van der Waals surface area (Å²) in [6.07, 6.45) is 2.18. The van der Waals surface area contributed by atoms with E-state index in [0.29, 0.717) is 10.5 Å². The average Bonchev–Trinajstić information content (AvgIpc) is 3.68. The SMILES string of the molecule is c1ccc(-c2ccc(C3CCC(c4ccc5c(c4)Oc4ccccc4C54c5ccccc5-c5ccccc54)S3)nn2)cc1. The molecular weight excluding hydrogens is 545 g/mol. The highest BCUT2D eigenvalue weighted by molar-refractivity contribution is 8.00. The first-order valence-electron chi connectivity index (χ1n) is 15.0. The van der Waals surface area contributed by atoms with Crippen LogP contribution in [0.25, 0.3) is 22.4 Å². The fourth-order valence-corrected chi connectivity index (χ4v) is 8.96. The Labute approximate surface area is 255 Å². The highest BCUT2D eigenvalue weighted by Crippen LogP contribution is 2.62. The van der Waals surface area contributed by atoms with Crippen molar-refractivity contribution >= 4 is 11.8 Å². The van der Waals surface area contributed by atoms with Gasteiger partial charge in [0.05, 0.1) is 16.8 Å². The van der Waals surface area contributed by atoms with Crippen LogP contribution in [-0.4, -0.2) is 10.2 Å². The van der Waals surface area contributed by atoms with Gasteiger partial charge in [-0.2, -0.15) is 10.2 Å². The van der Waals surface area contributed by atoms with Gasteiger partial charge in [0.1, 0.15) is 11.5 Å². The van der Waals surface area contributed by atoms with Crippen LogP contribution in [0.2, 0.25) is 0 Å². The summed E-state index contributed by atoms with van der Waals surface area (Å²) in [5.74, 6) is 1.89. The second-order valence-electron chi connectivity index (χ2n) is 11.6. The van der Waals surface area contributed by atoms with Crippen LogP contribution in [0.15, 0.2) is 133 Å². The quantitative estimate of drug-likeness (QED) is 0.211. The smallest absolute Gasteiger partial charge is 0.132 e. The van der Waals surface area contributed by atoms with Gasteiger partial charge < -0.3 is 4.74 Å². The maximum Gasteiger partial charge on any atom is 0.132 e. The molecule has 6 aromatic rings. The number of hydrogen-bond acceptors (Lipinski definition) is 4. The Hall–Kier alpha value is -4.67. The van der Waals surface area contributed by atoms with Gasteiger partial charge in [-0.3, -0.25) is 0 Å². The van der Waals surface area contributed by atoms with E-state index in [-0.39, 0.29) is 0 Å². The Morgan fingerprint density at radius 1 is 0.558 bits per heavy atom. The molecule has 2 unspecified atom stereocenters. The van der Waals surface area contributed by atoms with Crippen molar-refractivity contribution in [1.82, 2.24) is 10.2 Å². The van der Waals surface area contributed by atoms with Crippen molar-refractivity contribution in [3.8, 4) is 33.9 Å². The molecule has 3 nitrogen and oxygen atoms in total. The van der Waals surface area contributed by atoms with E-state index in [0.717, 1.165) is 41.3 Å². The summed E-state index contributed by atoms with van der Waals surface area (Å²) in [7, 11) is 0. The first kappa shape index (κ1) is 24.9. The van der Waals surface area contributed by atoms with Gasteiger partial charge in [0.15, 0.2) is 0 Å². The fraction of sp³-hybridized carbons (Fsp3) is 0.128. The molecule has 0 saturated carbocycles. The van der Waals surface area contributed by atoms with Crippen molar-refractivity contribution in [2.75, 3.05) is 0 Å².